The number of halogens is 3. The van der Waals surface area contributed by atoms with E-state index in [1.54, 1.807) is 0 Å². The number of hydrogen-bond acceptors (Lipinski definition) is 4. The Bertz CT molecular complexity index is 503. The molecule has 104 valence electrons. The molecule has 10 heteroatoms. The van der Waals surface area contributed by atoms with Gasteiger partial charge in [0.05, 0.1) is 12.7 Å². The minimum Gasteiger partial charge on any atom is -0.381 e. The molecule has 0 saturated carbocycles. The summed E-state index contributed by atoms with van der Waals surface area (Å²) in [6.45, 7) is -0.670. The summed E-state index contributed by atoms with van der Waals surface area (Å²) in [6, 6.07) is 0. The second-order valence-electron chi connectivity index (χ2n) is 3.74. The number of imidazole rings is 1. The predicted octanol–water partition coefficient (Wildman–Crippen LogP) is 0.575. The van der Waals surface area contributed by atoms with Crippen molar-refractivity contribution in [3.05, 3.63) is 6.33 Å². The van der Waals surface area contributed by atoms with Crippen LogP contribution in [0.1, 0.15) is 6.42 Å². The maximum atomic E-state index is 12.0. The molecule has 0 radical (unpaired) electrons. The van der Waals surface area contributed by atoms with E-state index in [1.165, 1.54) is 13.4 Å². The van der Waals surface area contributed by atoms with Crippen LogP contribution in [0.3, 0.4) is 0 Å². The normalized spacial score (nSPS) is 13.2. The van der Waals surface area contributed by atoms with Crippen molar-refractivity contribution in [3.8, 4) is 0 Å². The van der Waals surface area contributed by atoms with Crippen molar-refractivity contribution >= 4 is 15.8 Å². The molecule has 1 aromatic heterocycles. The van der Waals surface area contributed by atoms with Crippen LogP contribution in [0.5, 0.6) is 0 Å². The van der Waals surface area contributed by atoms with Crippen molar-refractivity contribution < 1.29 is 21.6 Å². The molecule has 6 nitrogen and oxygen atoms in total. The number of nitrogens with two attached hydrogens (primary N) is 1. The van der Waals surface area contributed by atoms with Crippen molar-refractivity contribution in [2.75, 3.05) is 19.3 Å². The van der Waals surface area contributed by atoms with Crippen molar-refractivity contribution in [2.24, 2.45) is 7.05 Å². The molecule has 0 aliphatic carbocycles. The van der Waals surface area contributed by atoms with Crippen LogP contribution in [0.15, 0.2) is 11.4 Å². The van der Waals surface area contributed by atoms with Gasteiger partial charge in [0, 0.05) is 20.6 Å². The summed E-state index contributed by atoms with van der Waals surface area (Å²) in [6.07, 6.45) is -4.46. The molecular formula is C8H13F3N4O2S. The Morgan fingerprint density at radius 1 is 1.50 bits per heavy atom. The van der Waals surface area contributed by atoms with Gasteiger partial charge in [-0.1, -0.05) is 0 Å². The van der Waals surface area contributed by atoms with E-state index in [0.29, 0.717) is 4.31 Å². The standard InChI is InChI=1S/C8H13F3N4O2S/c1-14-5-13-6(12)7(14)18(16,17)15(2)4-3-8(9,10)11/h5H,3-4,12H2,1-2H3. The molecule has 1 rings (SSSR count). The van der Waals surface area contributed by atoms with E-state index in [2.05, 4.69) is 4.98 Å². The third-order valence-corrected chi connectivity index (χ3v) is 4.26. The van der Waals surface area contributed by atoms with Crippen LogP contribution in [-0.2, 0) is 17.1 Å². The van der Waals surface area contributed by atoms with Gasteiger partial charge in [0.25, 0.3) is 10.0 Å². The summed E-state index contributed by atoms with van der Waals surface area (Å²) in [5.41, 5.74) is 5.39. The number of aryl methyl sites for hydroxylation is 1. The molecule has 1 heterocycles. The van der Waals surface area contributed by atoms with Gasteiger partial charge in [0.2, 0.25) is 0 Å². The largest absolute Gasteiger partial charge is 0.390 e. The Labute approximate surface area is 102 Å². The van der Waals surface area contributed by atoms with Crippen LogP contribution < -0.4 is 5.73 Å². The highest BCUT2D eigenvalue weighted by Crippen LogP contribution is 2.23. The van der Waals surface area contributed by atoms with E-state index in [9.17, 15) is 21.6 Å². The number of alkyl halides is 3. The number of nitrogen functional groups attached to an aromatic ring is 1. The molecular weight excluding hydrogens is 273 g/mol. The third kappa shape index (κ3) is 3.13. The summed E-state index contributed by atoms with van der Waals surface area (Å²) >= 11 is 0. The second-order valence-corrected chi connectivity index (χ2v) is 5.70. The maximum Gasteiger partial charge on any atom is 0.390 e. The maximum absolute atomic E-state index is 12.0. The first-order chi connectivity index (χ1) is 8.05. The quantitative estimate of drug-likeness (QED) is 0.877. The molecule has 0 unspecified atom stereocenters. The lowest BCUT2D eigenvalue weighted by Gasteiger charge is -2.18. The topological polar surface area (TPSA) is 81.2 Å². The van der Waals surface area contributed by atoms with Gasteiger partial charge >= 0.3 is 6.18 Å². The molecule has 0 spiro atoms. The Morgan fingerprint density at radius 3 is 2.44 bits per heavy atom. The third-order valence-electron chi connectivity index (χ3n) is 2.27. The first-order valence-corrected chi connectivity index (χ1v) is 6.29. The fraction of sp³-hybridized carbons (Fsp3) is 0.625. The fourth-order valence-electron chi connectivity index (χ4n) is 1.30. The summed E-state index contributed by atoms with van der Waals surface area (Å²) in [5.74, 6) is -0.239. The number of sulfonamides is 1. The second kappa shape index (κ2) is 4.76. The summed E-state index contributed by atoms with van der Waals surface area (Å²) in [4.78, 5) is 3.59. The first kappa shape index (κ1) is 14.8. The predicted molar refractivity (Wildman–Crippen MR) is 58.1 cm³/mol. The number of nitrogens with zero attached hydrogens (tertiary/aromatic N) is 3. The minimum atomic E-state index is -4.41. The van der Waals surface area contributed by atoms with E-state index >= 15 is 0 Å². The number of hydrogen-bond donors (Lipinski definition) is 1. The van der Waals surface area contributed by atoms with E-state index in [4.69, 9.17) is 5.73 Å². The fourth-order valence-corrected chi connectivity index (χ4v) is 2.66. The van der Waals surface area contributed by atoms with E-state index in [1.807, 2.05) is 0 Å². The smallest absolute Gasteiger partial charge is 0.381 e. The van der Waals surface area contributed by atoms with Gasteiger partial charge in [-0.15, -0.1) is 0 Å². The lowest BCUT2D eigenvalue weighted by Crippen LogP contribution is -2.32. The van der Waals surface area contributed by atoms with Gasteiger partial charge in [-0.25, -0.2) is 13.4 Å². The molecule has 0 amide bonds. The first-order valence-electron chi connectivity index (χ1n) is 4.85. The van der Waals surface area contributed by atoms with Gasteiger partial charge in [-0.05, 0) is 0 Å². The van der Waals surface area contributed by atoms with Crippen LogP contribution in [0, 0.1) is 0 Å². The minimum absolute atomic E-state index is 0.239. The van der Waals surface area contributed by atoms with E-state index in [-0.39, 0.29) is 10.8 Å². The summed E-state index contributed by atoms with van der Waals surface area (Å²) in [5, 5.41) is -0.313. The molecule has 18 heavy (non-hydrogen) atoms. The molecule has 1 aromatic rings. The number of aromatic nitrogens is 2. The zero-order valence-electron chi connectivity index (χ0n) is 9.77. The number of anilines is 1. The lowest BCUT2D eigenvalue weighted by atomic mass is 10.4. The monoisotopic (exact) mass is 286 g/mol. The Hall–Kier alpha value is -1.29. The van der Waals surface area contributed by atoms with Gasteiger partial charge in [0.15, 0.2) is 10.8 Å². The Kier molecular flexibility index (Phi) is 3.91. The van der Waals surface area contributed by atoms with Gasteiger partial charge < -0.3 is 10.3 Å². The van der Waals surface area contributed by atoms with Crippen molar-refractivity contribution in [3.63, 3.8) is 0 Å². The lowest BCUT2D eigenvalue weighted by molar-refractivity contribution is -0.135. The van der Waals surface area contributed by atoms with Crippen LogP contribution in [0.4, 0.5) is 19.0 Å². The van der Waals surface area contributed by atoms with Crippen molar-refractivity contribution in [1.82, 2.24) is 13.9 Å². The average molecular weight is 286 g/mol. The van der Waals surface area contributed by atoms with Crippen LogP contribution in [-0.4, -0.2) is 42.0 Å². The zero-order chi connectivity index (χ0) is 14.1. The Morgan fingerprint density at radius 2 is 2.06 bits per heavy atom. The molecule has 0 saturated heterocycles. The SMILES string of the molecule is CN(CCC(F)(F)F)S(=O)(=O)c1c(N)ncn1C. The molecule has 0 aromatic carbocycles. The highest BCUT2D eigenvalue weighted by Gasteiger charge is 2.32. The van der Waals surface area contributed by atoms with Gasteiger partial charge in [0.1, 0.15) is 0 Å². The van der Waals surface area contributed by atoms with Crippen LogP contribution >= 0.6 is 0 Å². The van der Waals surface area contributed by atoms with Gasteiger partial charge in [-0.2, -0.15) is 17.5 Å². The van der Waals surface area contributed by atoms with Crippen LogP contribution in [0.25, 0.3) is 0 Å². The molecule has 0 bridgehead atoms. The van der Waals surface area contributed by atoms with Gasteiger partial charge in [-0.3, -0.25) is 0 Å². The van der Waals surface area contributed by atoms with Crippen molar-refractivity contribution in [2.45, 2.75) is 17.6 Å². The number of rotatable bonds is 4. The zero-order valence-corrected chi connectivity index (χ0v) is 10.6. The molecule has 0 aliphatic rings. The Balaban J connectivity index is 2.94. The average Bonchev–Trinajstić information content (AvgIpc) is 2.54. The van der Waals surface area contributed by atoms with Crippen LogP contribution in [0.2, 0.25) is 0 Å². The highest BCUT2D eigenvalue weighted by molar-refractivity contribution is 7.89. The molecule has 0 fully saturated rings. The highest BCUT2D eigenvalue weighted by atomic mass is 32.2. The summed E-state index contributed by atoms with van der Waals surface area (Å²) in [7, 11) is -1.61. The van der Waals surface area contributed by atoms with E-state index in [0.717, 1.165) is 11.6 Å². The van der Waals surface area contributed by atoms with Crippen molar-refractivity contribution in [1.29, 1.82) is 0 Å². The van der Waals surface area contributed by atoms with E-state index < -0.39 is 29.2 Å². The molecule has 0 aliphatic heterocycles. The molecule has 2 N–H and O–H groups in total. The molecule has 0 atom stereocenters. The summed E-state index contributed by atoms with van der Waals surface area (Å²) < 4.78 is 61.8.